The fourth-order valence-corrected chi connectivity index (χ4v) is 2.13. The van der Waals surface area contributed by atoms with Gasteiger partial charge in [-0.1, -0.05) is 27.2 Å². The molecule has 0 amide bonds. The number of aryl methyl sites for hydroxylation is 2. The van der Waals surface area contributed by atoms with E-state index in [-0.39, 0.29) is 0 Å². The van der Waals surface area contributed by atoms with Crippen molar-refractivity contribution in [3.63, 3.8) is 0 Å². The molecule has 2 heteroatoms. The molecule has 1 aromatic heterocycles. The van der Waals surface area contributed by atoms with Gasteiger partial charge in [0.1, 0.15) is 12.4 Å². The highest BCUT2D eigenvalue weighted by atomic mass is 15.1. The monoisotopic (exact) mass is 209 g/mol. The topological polar surface area (TPSA) is 8.81 Å². The molecule has 0 atom stereocenters. The molecule has 1 aromatic rings. The Balaban J connectivity index is 2.73. The normalized spacial score (nSPS) is 11.3. The predicted molar refractivity (Wildman–Crippen MR) is 63.9 cm³/mol. The molecule has 1 rings (SSSR count). The molecule has 86 valence electrons. The van der Waals surface area contributed by atoms with Crippen LogP contribution in [-0.4, -0.2) is 4.57 Å². The molecule has 0 aliphatic heterocycles. The lowest BCUT2D eigenvalue weighted by atomic mass is 10.2. The number of unbranched alkanes of at least 4 members (excludes halogenated alkanes) is 2. The van der Waals surface area contributed by atoms with Gasteiger partial charge in [-0.15, -0.1) is 0 Å². The molecule has 15 heavy (non-hydrogen) atoms. The Kier molecular flexibility index (Phi) is 4.86. The van der Waals surface area contributed by atoms with Gasteiger partial charge in [0.05, 0.1) is 19.0 Å². The van der Waals surface area contributed by atoms with Gasteiger partial charge in [-0.3, -0.25) is 0 Å². The zero-order chi connectivity index (χ0) is 11.3. The summed E-state index contributed by atoms with van der Waals surface area (Å²) in [5, 5.41) is 0. The predicted octanol–water partition coefficient (Wildman–Crippen LogP) is 3.11. The van der Waals surface area contributed by atoms with Crippen molar-refractivity contribution in [3.8, 4) is 0 Å². The molecule has 0 unspecified atom stereocenters. The van der Waals surface area contributed by atoms with Gasteiger partial charge in [-0.2, -0.15) is 0 Å². The van der Waals surface area contributed by atoms with E-state index in [1.807, 2.05) is 0 Å². The number of hydrogen-bond donors (Lipinski definition) is 0. The van der Waals surface area contributed by atoms with Gasteiger partial charge >= 0.3 is 0 Å². The number of nitrogens with zero attached hydrogens (tertiary/aromatic N) is 2. The summed E-state index contributed by atoms with van der Waals surface area (Å²) in [6.45, 7) is 11.3. The first-order valence-corrected chi connectivity index (χ1v) is 6.29. The van der Waals surface area contributed by atoms with Gasteiger partial charge in [-0.25, -0.2) is 9.13 Å². The van der Waals surface area contributed by atoms with Gasteiger partial charge in [0.25, 0.3) is 5.82 Å². The summed E-state index contributed by atoms with van der Waals surface area (Å²) < 4.78 is 4.78. The maximum absolute atomic E-state index is 2.42. The SMILES string of the molecule is CCCCC[n+]1ccn(CC)c1C(C)C. The van der Waals surface area contributed by atoms with E-state index in [0.29, 0.717) is 5.92 Å². The van der Waals surface area contributed by atoms with Crippen LogP contribution in [0.3, 0.4) is 0 Å². The van der Waals surface area contributed by atoms with Gasteiger partial charge in [-0.05, 0) is 19.8 Å². The maximum Gasteiger partial charge on any atom is 0.258 e. The summed E-state index contributed by atoms with van der Waals surface area (Å²) in [5.74, 6) is 2.08. The molecule has 0 aromatic carbocycles. The van der Waals surface area contributed by atoms with E-state index < -0.39 is 0 Å². The molecule has 0 spiro atoms. The average molecular weight is 209 g/mol. The van der Waals surface area contributed by atoms with Crippen LogP contribution in [0.2, 0.25) is 0 Å². The molecular weight excluding hydrogens is 184 g/mol. The molecular formula is C13H25N2+. The minimum absolute atomic E-state index is 0.613. The Morgan fingerprint density at radius 1 is 1.27 bits per heavy atom. The molecule has 0 radical (unpaired) electrons. The Labute approximate surface area is 93.9 Å². The Bertz CT molecular complexity index is 287. The van der Waals surface area contributed by atoms with E-state index >= 15 is 0 Å². The van der Waals surface area contributed by atoms with Crippen LogP contribution < -0.4 is 4.57 Å². The molecule has 2 nitrogen and oxygen atoms in total. The van der Waals surface area contributed by atoms with Crippen molar-refractivity contribution in [3.05, 3.63) is 18.2 Å². The second kappa shape index (κ2) is 5.94. The van der Waals surface area contributed by atoms with Crippen LogP contribution in [0.4, 0.5) is 0 Å². The second-order valence-electron chi connectivity index (χ2n) is 4.50. The number of imidazole rings is 1. The van der Waals surface area contributed by atoms with Crippen LogP contribution in [0.1, 0.15) is 58.7 Å². The van der Waals surface area contributed by atoms with E-state index in [1.54, 1.807) is 0 Å². The number of aromatic nitrogens is 2. The summed E-state index contributed by atoms with van der Waals surface area (Å²) in [6.07, 6.45) is 8.37. The first-order chi connectivity index (χ1) is 7.20. The van der Waals surface area contributed by atoms with E-state index in [0.717, 1.165) is 6.54 Å². The van der Waals surface area contributed by atoms with Crippen molar-refractivity contribution < 1.29 is 4.57 Å². The van der Waals surface area contributed by atoms with Crippen LogP contribution in [-0.2, 0) is 13.1 Å². The van der Waals surface area contributed by atoms with E-state index in [2.05, 4.69) is 49.2 Å². The first-order valence-electron chi connectivity index (χ1n) is 6.29. The van der Waals surface area contributed by atoms with Crippen molar-refractivity contribution in [2.75, 3.05) is 0 Å². The van der Waals surface area contributed by atoms with Crippen molar-refractivity contribution in [1.29, 1.82) is 0 Å². The molecule has 0 aliphatic carbocycles. The van der Waals surface area contributed by atoms with E-state index in [9.17, 15) is 0 Å². The van der Waals surface area contributed by atoms with Crippen LogP contribution in [0.5, 0.6) is 0 Å². The summed E-state index contributed by atoms with van der Waals surface area (Å²) in [5.41, 5.74) is 0. The molecule has 0 N–H and O–H groups in total. The van der Waals surface area contributed by atoms with E-state index in [4.69, 9.17) is 0 Å². The van der Waals surface area contributed by atoms with Gasteiger partial charge in [0.2, 0.25) is 0 Å². The molecule has 0 bridgehead atoms. The zero-order valence-electron chi connectivity index (χ0n) is 10.7. The summed E-state index contributed by atoms with van der Waals surface area (Å²) in [7, 11) is 0. The Morgan fingerprint density at radius 3 is 2.53 bits per heavy atom. The minimum Gasteiger partial charge on any atom is -0.234 e. The van der Waals surface area contributed by atoms with Gasteiger partial charge in [0.15, 0.2) is 0 Å². The lowest BCUT2D eigenvalue weighted by Crippen LogP contribution is -2.37. The third-order valence-electron chi connectivity index (χ3n) is 2.87. The third-order valence-corrected chi connectivity index (χ3v) is 2.87. The van der Waals surface area contributed by atoms with Crippen molar-refractivity contribution in [2.24, 2.45) is 0 Å². The molecule has 0 fully saturated rings. The third kappa shape index (κ3) is 3.08. The molecule has 0 saturated carbocycles. The summed E-state index contributed by atoms with van der Waals surface area (Å²) >= 11 is 0. The van der Waals surface area contributed by atoms with Gasteiger partial charge < -0.3 is 0 Å². The lowest BCUT2D eigenvalue weighted by molar-refractivity contribution is -0.705. The van der Waals surface area contributed by atoms with Crippen LogP contribution >= 0.6 is 0 Å². The van der Waals surface area contributed by atoms with Crippen molar-refractivity contribution >= 4 is 0 Å². The van der Waals surface area contributed by atoms with Crippen molar-refractivity contribution in [1.82, 2.24) is 4.57 Å². The largest absolute Gasteiger partial charge is 0.258 e. The fourth-order valence-electron chi connectivity index (χ4n) is 2.13. The maximum atomic E-state index is 2.42. The average Bonchev–Trinajstić information content (AvgIpc) is 2.61. The highest BCUT2D eigenvalue weighted by Gasteiger charge is 2.18. The highest BCUT2D eigenvalue weighted by Crippen LogP contribution is 2.10. The zero-order valence-corrected chi connectivity index (χ0v) is 10.7. The first kappa shape index (κ1) is 12.3. The number of hydrogen-bond acceptors (Lipinski definition) is 0. The van der Waals surface area contributed by atoms with Crippen molar-refractivity contribution in [2.45, 2.75) is 66.0 Å². The Hall–Kier alpha value is -0.790. The molecule has 1 heterocycles. The second-order valence-corrected chi connectivity index (χ2v) is 4.50. The number of rotatable bonds is 6. The van der Waals surface area contributed by atoms with E-state index in [1.165, 1.54) is 31.6 Å². The quantitative estimate of drug-likeness (QED) is 0.503. The standard InChI is InChI=1S/C13H25N2/c1-5-7-8-9-15-11-10-14(6-2)13(15)12(3)4/h10-12H,5-9H2,1-4H3/q+1. The summed E-state index contributed by atoms with van der Waals surface area (Å²) in [4.78, 5) is 0. The van der Waals surface area contributed by atoms with Gasteiger partial charge in [0, 0.05) is 0 Å². The fraction of sp³-hybridized carbons (Fsp3) is 0.769. The smallest absolute Gasteiger partial charge is 0.234 e. The Morgan fingerprint density at radius 2 is 2.00 bits per heavy atom. The van der Waals surface area contributed by atoms with Crippen LogP contribution in [0.25, 0.3) is 0 Å². The summed E-state index contributed by atoms with van der Waals surface area (Å²) in [6, 6.07) is 0. The van der Waals surface area contributed by atoms with Crippen LogP contribution in [0, 0.1) is 0 Å². The minimum atomic E-state index is 0.613. The molecule has 0 aliphatic rings. The highest BCUT2D eigenvalue weighted by molar-refractivity contribution is 4.89. The lowest BCUT2D eigenvalue weighted by Gasteiger charge is -2.06. The van der Waals surface area contributed by atoms with Crippen LogP contribution in [0.15, 0.2) is 12.4 Å². The molecule has 0 saturated heterocycles.